The van der Waals surface area contributed by atoms with Gasteiger partial charge in [-0.05, 0) is 62.7 Å². The van der Waals surface area contributed by atoms with Crippen molar-refractivity contribution in [3.8, 4) is 5.88 Å². The molecule has 11 heteroatoms. The van der Waals surface area contributed by atoms with Crippen molar-refractivity contribution in [3.05, 3.63) is 106 Å². The first-order valence-electron chi connectivity index (χ1n) is 13.8. The van der Waals surface area contributed by atoms with Gasteiger partial charge in [0.1, 0.15) is 17.8 Å². The minimum absolute atomic E-state index is 0.0867. The van der Waals surface area contributed by atoms with Gasteiger partial charge >= 0.3 is 5.97 Å². The molecule has 0 saturated carbocycles. The number of H-pyrrole nitrogens is 1. The molecule has 0 aliphatic heterocycles. The predicted octanol–water partition coefficient (Wildman–Crippen LogP) is 4.93. The molecule has 1 amide bonds. The summed E-state index contributed by atoms with van der Waals surface area (Å²) in [6.45, 7) is 5.07. The number of aryl methyl sites for hydroxylation is 2. The quantitative estimate of drug-likeness (QED) is 0.107. The number of ether oxygens (including phenoxy) is 1. The number of anilines is 1. The van der Waals surface area contributed by atoms with E-state index >= 15 is 0 Å². The monoisotopic (exact) mass is 592 g/mol. The molecule has 0 unspecified atom stereocenters. The number of rotatable bonds is 9. The minimum Gasteiger partial charge on any atom is -0.494 e. The first-order valence-corrected chi connectivity index (χ1v) is 13.8. The van der Waals surface area contributed by atoms with E-state index in [0.717, 1.165) is 11.3 Å². The molecule has 5 N–H and O–H groups in total. The molecule has 3 aromatic carbocycles. The summed E-state index contributed by atoms with van der Waals surface area (Å²) in [7, 11) is 1.69. The first-order chi connectivity index (χ1) is 20.9. The Kier molecular flexibility index (Phi) is 8.15. The number of nitrogens with zero attached hydrogens (tertiary/aromatic N) is 3. The van der Waals surface area contributed by atoms with Crippen molar-refractivity contribution in [1.82, 2.24) is 14.8 Å². The molecule has 5 rings (SSSR count). The van der Waals surface area contributed by atoms with Crippen molar-refractivity contribution in [2.75, 3.05) is 5.32 Å². The number of carbonyl (C=O) groups is 3. The zero-order valence-electron chi connectivity index (χ0n) is 24.7. The maximum absolute atomic E-state index is 13.4. The number of fused-ring (bicyclic) bond motifs is 1. The molecule has 0 spiro atoms. The van der Waals surface area contributed by atoms with E-state index in [4.69, 9.17) is 10.5 Å². The number of nitrogens with one attached hydrogen (secondary N) is 2. The van der Waals surface area contributed by atoms with E-state index in [1.54, 1.807) is 101 Å². The van der Waals surface area contributed by atoms with Gasteiger partial charge in [-0.25, -0.2) is 0 Å². The van der Waals surface area contributed by atoms with Gasteiger partial charge in [-0.3, -0.25) is 24.1 Å². The van der Waals surface area contributed by atoms with E-state index in [2.05, 4.69) is 20.4 Å². The maximum atomic E-state index is 13.4. The number of hydrogen-bond donors (Lipinski definition) is 4. The molecule has 0 bridgehead atoms. The molecular weight excluding hydrogens is 560 g/mol. The average Bonchev–Trinajstić information content (AvgIpc) is 3.50. The van der Waals surface area contributed by atoms with Crippen LogP contribution in [-0.2, 0) is 23.2 Å². The van der Waals surface area contributed by atoms with Crippen LogP contribution in [-0.4, -0.2) is 49.3 Å². The van der Waals surface area contributed by atoms with Crippen LogP contribution in [0.4, 0.5) is 11.4 Å². The highest BCUT2D eigenvalue weighted by atomic mass is 16.5. The Bertz CT molecular complexity index is 1910. The fourth-order valence-electron chi connectivity index (χ4n) is 4.55. The number of carbonyl (C=O) groups excluding carboxylic acids is 3. The zero-order valence-corrected chi connectivity index (χ0v) is 24.7. The van der Waals surface area contributed by atoms with Crippen molar-refractivity contribution >= 4 is 46.2 Å². The molecule has 0 aliphatic carbocycles. The summed E-state index contributed by atoms with van der Waals surface area (Å²) in [5, 5.41) is 18.3. The number of aromatic amines is 1. The Balaban J connectivity index is 1.29. The van der Waals surface area contributed by atoms with E-state index in [1.165, 1.54) is 10.9 Å². The van der Waals surface area contributed by atoms with Crippen LogP contribution in [0.15, 0.2) is 77.8 Å². The van der Waals surface area contributed by atoms with Gasteiger partial charge in [0, 0.05) is 41.0 Å². The number of hydrogen-bond acceptors (Lipinski definition) is 8. The van der Waals surface area contributed by atoms with Crippen LogP contribution >= 0.6 is 0 Å². The van der Waals surface area contributed by atoms with Gasteiger partial charge in [-0.2, -0.15) is 5.10 Å². The van der Waals surface area contributed by atoms with Crippen LogP contribution in [0.25, 0.3) is 10.9 Å². The number of aromatic nitrogens is 3. The zero-order chi connectivity index (χ0) is 31.6. The molecule has 44 heavy (non-hydrogen) atoms. The Hall–Kier alpha value is -5.55. The molecule has 0 saturated heterocycles. The predicted molar refractivity (Wildman–Crippen MR) is 167 cm³/mol. The number of nitrogens with two attached hydrogens (primary N) is 1. The van der Waals surface area contributed by atoms with E-state index in [0.29, 0.717) is 44.7 Å². The second kappa shape index (κ2) is 12.0. The molecule has 0 fully saturated rings. The lowest BCUT2D eigenvalue weighted by Crippen LogP contribution is -2.42. The molecule has 5 aromatic rings. The molecule has 2 aromatic heterocycles. The maximum Gasteiger partial charge on any atom is 0.325 e. The number of ketones is 1. The third-order valence-corrected chi connectivity index (χ3v) is 6.87. The molecule has 0 radical (unpaired) electrons. The summed E-state index contributed by atoms with van der Waals surface area (Å²) in [6.07, 6.45) is 1.54. The van der Waals surface area contributed by atoms with Gasteiger partial charge in [0.2, 0.25) is 0 Å². The lowest BCUT2D eigenvalue weighted by molar-refractivity contribution is -0.150. The van der Waals surface area contributed by atoms with E-state index in [-0.39, 0.29) is 24.2 Å². The SMILES string of the molecule is Cc1cc(C(=O)Nc2cccc(C(=O)c3ccc4c(C=Nc5ccc(COC(=O)C(C)(C)N)cc5)c(O)[nH]c4c3)c2)n(C)n1. The molecular formula is C33H32N6O5. The van der Waals surface area contributed by atoms with Crippen molar-refractivity contribution in [1.29, 1.82) is 0 Å². The smallest absolute Gasteiger partial charge is 0.325 e. The van der Waals surface area contributed by atoms with E-state index < -0.39 is 11.5 Å². The summed E-state index contributed by atoms with van der Waals surface area (Å²) in [5.41, 5.74) is 9.53. The van der Waals surface area contributed by atoms with E-state index in [9.17, 15) is 19.5 Å². The Morgan fingerprint density at radius 3 is 2.48 bits per heavy atom. The normalized spacial score (nSPS) is 11.7. The average molecular weight is 593 g/mol. The highest BCUT2D eigenvalue weighted by Crippen LogP contribution is 2.28. The molecule has 11 nitrogen and oxygen atoms in total. The van der Waals surface area contributed by atoms with Crippen LogP contribution in [0.3, 0.4) is 0 Å². The molecule has 0 atom stereocenters. The summed E-state index contributed by atoms with van der Waals surface area (Å²) >= 11 is 0. The van der Waals surface area contributed by atoms with Gasteiger partial charge in [0.05, 0.1) is 16.9 Å². The Morgan fingerprint density at radius 1 is 1.07 bits per heavy atom. The number of benzene rings is 3. The van der Waals surface area contributed by atoms with Crippen LogP contribution < -0.4 is 11.1 Å². The third kappa shape index (κ3) is 6.58. The second-order valence-corrected chi connectivity index (χ2v) is 11.0. The number of aliphatic imine (C=N–C) groups is 1. The van der Waals surface area contributed by atoms with Gasteiger partial charge in [-0.15, -0.1) is 0 Å². The van der Waals surface area contributed by atoms with Gasteiger partial charge in [0.25, 0.3) is 5.91 Å². The fraction of sp³-hybridized carbons (Fsp3) is 0.182. The van der Waals surface area contributed by atoms with Gasteiger partial charge < -0.3 is 25.9 Å². The largest absolute Gasteiger partial charge is 0.494 e. The molecule has 0 aliphatic rings. The van der Waals surface area contributed by atoms with Crippen molar-refractivity contribution < 1.29 is 24.2 Å². The third-order valence-electron chi connectivity index (χ3n) is 6.87. The molecule has 224 valence electrons. The standard InChI is InChI=1S/C33H32N6O5/c1-19-14-28(39(4)38-19)31(42)36-24-7-5-6-21(15-24)29(40)22-10-13-25-26(30(41)37-27(25)16-22)17-35-23-11-8-20(9-12-23)18-44-32(43)33(2,3)34/h5-17,37,41H,18,34H2,1-4H3,(H,36,42). The second-order valence-electron chi connectivity index (χ2n) is 11.0. The lowest BCUT2D eigenvalue weighted by Gasteiger charge is -2.16. The summed E-state index contributed by atoms with van der Waals surface area (Å²) in [6, 6.07) is 20.6. The minimum atomic E-state index is -1.07. The lowest BCUT2D eigenvalue weighted by atomic mass is 10.0. The topological polar surface area (TPSA) is 165 Å². The van der Waals surface area contributed by atoms with Crippen molar-refractivity contribution in [2.24, 2.45) is 17.8 Å². The number of esters is 1. The van der Waals surface area contributed by atoms with Crippen molar-refractivity contribution in [2.45, 2.75) is 32.9 Å². The van der Waals surface area contributed by atoms with Gasteiger partial charge in [0.15, 0.2) is 11.7 Å². The summed E-state index contributed by atoms with van der Waals surface area (Å²) < 4.78 is 6.73. The van der Waals surface area contributed by atoms with Crippen LogP contribution in [0, 0.1) is 6.92 Å². The summed E-state index contributed by atoms with van der Waals surface area (Å²) in [4.78, 5) is 45.3. The van der Waals surface area contributed by atoms with E-state index in [1.807, 2.05) is 0 Å². The Morgan fingerprint density at radius 2 is 1.80 bits per heavy atom. The van der Waals surface area contributed by atoms with Crippen LogP contribution in [0.5, 0.6) is 5.88 Å². The Labute approximate surface area is 253 Å². The van der Waals surface area contributed by atoms with Gasteiger partial charge in [-0.1, -0.05) is 36.4 Å². The molecule has 2 heterocycles. The van der Waals surface area contributed by atoms with Crippen LogP contribution in [0.1, 0.15) is 57.1 Å². The van der Waals surface area contributed by atoms with Crippen molar-refractivity contribution in [3.63, 3.8) is 0 Å². The van der Waals surface area contributed by atoms with Crippen LogP contribution in [0.2, 0.25) is 0 Å². The fourth-order valence-corrected chi connectivity index (χ4v) is 4.55. The summed E-state index contributed by atoms with van der Waals surface area (Å²) in [5.74, 6) is -1.16. The first kappa shape index (κ1) is 29.9. The highest BCUT2D eigenvalue weighted by molar-refractivity contribution is 6.13. The number of amides is 1. The highest BCUT2D eigenvalue weighted by Gasteiger charge is 2.23. The number of aromatic hydroxyl groups is 1.